The van der Waals surface area contributed by atoms with Crippen LogP contribution in [0, 0.1) is 0 Å². The van der Waals surface area contributed by atoms with Crippen LogP contribution in [-0.4, -0.2) is 12.2 Å². The van der Waals surface area contributed by atoms with E-state index in [-0.39, 0.29) is 5.41 Å². The van der Waals surface area contributed by atoms with Crippen molar-refractivity contribution in [2.75, 3.05) is 7.11 Å². The van der Waals surface area contributed by atoms with Gasteiger partial charge in [-0.05, 0) is 35.1 Å². The molecule has 2 rings (SSSR count). The molecule has 0 heterocycles. The summed E-state index contributed by atoms with van der Waals surface area (Å²) in [5.41, 5.74) is 1.90. The minimum Gasteiger partial charge on any atom is -0.497 e. The van der Waals surface area contributed by atoms with E-state index >= 15 is 0 Å². The van der Waals surface area contributed by atoms with E-state index in [1.54, 1.807) is 13.2 Å². The number of halogens is 1. The fourth-order valence-electron chi connectivity index (χ4n) is 2.39. The third kappa shape index (κ3) is 1.62. The van der Waals surface area contributed by atoms with Crippen LogP contribution < -0.4 is 4.74 Å². The Hall–Kier alpha value is -0.730. The number of hydrogen-bond acceptors (Lipinski definition) is 2. The maximum Gasteiger partial charge on any atom is 0.120 e. The van der Waals surface area contributed by atoms with Crippen LogP contribution >= 0.6 is 11.6 Å². The van der Waals surface area contributed by atoms with Crippen LogP contribution in [0.25, 0.3) is 0 Å². The van der Waals surface area contributed by atoms with Crippen molar-refractivity contribution in [1.82, 2.24) is 0 Å². The number of aliphatic hydroxyl groups is 1. The van der Waals surface area contributed by atoms with Gasteiger partial charge in [-0.3, -0.25) is 0 Å². The van der Waals surface area contributed by atoms with Gasteiger partial charge in [0.05, 0.1) is 13.2 Å². The predicted octanol–water partition coefficient (Wildman–Crippen LogP) is 3.06. The molecule has 1 atom stereocenters. The van der Waals surface area contributed by atoms with Gasteiger partial charge in [-0.25, -0.2) is 0 Å². The highest BCUT2D eigenvalue weighted by Crippen LogP contribution is 2.48. The van der Waals surface area contributed by atoms with Crippen molar-refractivity contribution in [3.63, 3.8) is 0 Å². The molecule has 0 aromatic heterocycles. The van der Waals surface area contributed by atoms with E-state index in [0.29, 0.717) is 10.8 Å². The van der Waals surface area contributed by atoms with Crippen LogP contribution in [0.5, 0.6) is 5.75 Å². The molecule has 0 amide bonds. The molecule has 0 aliphatic heterocycles. The van der Waals surface area contributed by atoms with Gasteiger partial charge in [0.1, 0.15) is 5.75 Å². The molecular weight excluding hydrogens is 212 g/mol. The second-order valence-corrected chi connectivity index (χ2v) is 5.08. The fraction of sp³-hybridized carbons (Fsp3) is 0.500. The Kier molecular flexibility index (Phi) is 2.44. The third-order valence-electron chi connectivity index (χ3n) is 3.07. The zero-order valence-corrected chi connectivity index (χ0v) is 9.93. The lowest BCUT2D eigenvalue weighted by Crippen LogP contribution is -2.12. The molecule has 0 spiro atoms. The number of benzene rings is 1. The SMILES string of the molecule is COc1cc(Cl)c2c(c1)[C@@H](O)CC2(C)C. The molecule has 0 saturated heterocycles. The van der Waals surface area contributed by atoms with E-state index in [2.05, 4.69) is 13.8 Å². The van der Waals surface area contributed by atoms with Gasteiger partial charge in [0.25, 0.3) is 0 Å². The van der Waals surface area contributed by atoms with Crippen LogP contribution in [0.4, 0.5) is 0 Å². The van der Waals surface area contributed by atoms with Gasteiger partial charge >= 0.3 is 0 Å². The van der Waals surface area contributed by atoms with E-state index in [0.717, 1.165) is 17.5 Å². The summed E-state index contributed by atoms with van der Waals surface area (Å²) in [7, 11) is 1.60. The summed E-state index contributed by atoms with van der Waals surface area (Å²) in [6.07, 6.45) is 0.289. The van der Waals surface area contributed by atoms with Crippen LogP contribution in [-0.2, 0) is 5.41 Å². The molecule has 1 aliphatic rings. The van der Waals surface area contributed by atoms with Gasteiger partial charge in [0.15, 0.2) is 0 Å². The van der Waals surface area contributed by atoms with Gasteiger partial charge in [-0.2, -0.15) is 0 Å². The van der Waals surface area contributed by atoms with Crippen molar-refractivity contribution in [1.29, 1.82) is 0 Å². The Bertz CT molecular complexity index is 399. The van der Waals surface area contributed by atoms with E-state index in [4.69, 9.17) is 16.3 Å². The Morgan fingerprint density at radius 3 is 2.73 bits per heavy atom. The van der Waals surface area contributed by atoms with Crippen LogP contribution in [0.1, 0.15) is 37.5 Å². The summed E-state index contributed by atoms with van der Waals surface area (Å²) in [5, 5.41) is 10.6. The second kappa shape index (κ2) is 3.39. The smallest absolute Gasteiger partial charge is 0.120 e. The van der Waals surface area contributed by atoms with E-state index in [1.807, 2.05) is 6.07 Å². The zero-order chi connectivity index (χ0) is 11.2. The first-order valence-corrected chi connectivity index (χ1v) is 5.39. The highest BCUT2D eigenvalue weighted by atomic mass is 35.5. The molecule has 15 heavy (non-hydrogen) atoms. The summed E-state index contributed by atoms with van der Waals surface area (Å²) in [6, 6.07) is 3.68. The number of ether oxygens (including phenoxy) is 1. The molecule has 0 saturated carbocycles. The maximum absolute atomic E-state index is 9.95. The maximum atomic E-state index is 9.95. The number of methoxy groups -OCH3 is 1. The largest absolute Gasteiger partial charge is 0.497 e. The lowest BCUT2D eigenvalue weighted by Gasteiger charge is -2.20. The van der Waals surface area contributed by atoms with Crippen molar-refractivity contribution in [2.24, 2.45) is 0 Å². The van der Waals surface area contributed by atoms with Crippen molar-refractivity contribution >= 4 is 11.6 Å². The molecule has 1 aromatic carbocycles. The van der Waals surface area contributed by atoms with Crippen molar-refractivity contribution in [2.45, 2.75) is 31.8 Å². The summed E-state index contributed by atoms with van der Waals surface area (Å²) >= 11 is 6.21. The Morgan fingerprint density at radius 2 is 2.13 bits per heavy atom. The first-order valence-electron chi connectivity index (χ1n) is 5.01. The number of aliphatic hydroxyl groups excluding tert-OH is 1. The summed E-state index contributed by atoms with van der Waals surface area (Å²) in [5.74, 6) is 0.704. The lowest BCUT2D eigenvalue weighted by molar-refractivity contribution is 0.161. The Balaban J connectivity index is 2.63. The molecule has 1 N–H and O–H groups in total. The van der Waals surface area contributed by atoms with Crippen molar-refractivity contribution in [3.8, 4) is 5.75 Å². The Morgan fingerprint density at radius 1 is 1.47 bits per heavy atom. The van der Waals surface area contributed by atoms with Gasteiger partial charge in [0.2, 0.25) is 0 Å². The van der Waals surface area contributed by atoms with Gasteiger partial charge in [0, 0.05) is 5.02 Å². The quantitative estimate of drug-likeness (QED) is 0.798. The monoisotopic (exact) mass is 226 g/mol. The molecule has 0 unspecified atom stereocenters. The highest BCUT2D eigenvalue weighted by molar-refractivity contribution is 6.31. The van der Waals surface area contributed by atoms with Crippen molar-refractivity contribution in [3.05, 3.63) is 28.3 Å². The average Bonchev–Trinajstić information content (AvgIpc) is 2.37. The van der Waals surface area contributed by atoms with Gasteiger partial charge < -0.3 is 9.84 Å². The standard InChI is InChI=1S/C12H15ClO2/c1-12(2)6-10(14)8-4-7(15-3)5-9(13)11(8)12/h4-5,10,14H,6H2,1-3H3/t10-/m0/s1. The van der Waals surface area contributed by atoms with Crippen LogP contribution in [0.2, 0.25) is 5.02 Å². The molecule has 1 aromatic rings. The average molecular weight is 227 g/mol. The first kappa shape index (κ1) is 10.8. The minimum atomic E-state index is -0.428. The van der Waals surface area contributed by atoms with E-state index < -0.39 is 6.10 Å². The molecule has 82 valence electrons. The van der Waals surface area contributed by atoms with Crippen molar-refractivity contribution < 1.29 is 9.84 Å². The van der Waals surface area contributed by atoms with Gasteiger partial charge in [-0.1, -0.05) is 25.4 Å². The lowest BCUT2D eigenvalue weighted by atomic mass is 9.86. The van der Waals surface area contributed by atoms with E-state index in [9.17, 15) is 5.11 Å². The molecule has 0 fully saturated rings. The van der Waals surface area contributed by atoms with Gasteiger partial charge in [-0.15, -0.1) is 0 Å². The fourth-order valence-corrected chi connectivity index (χ4v) is 2.86. The van der Waals surface area contributed by atoms with E-state index in [1.165, 1.54) is 0 Å². The second-order valence-electron chi connectivity index (χ2n) is 4.68. The Labute approximate surface area is 94.8 Å². The number of rotatable bonds is 1. The highest BCUT2D eigenvalue weighted by Gasteiger charge is 2.38. The minimum absolute atomic E-state index is 0.0574. The molecule has 0 radical (unpaired) electrons. The van der Waals surface area contributed by atoms with Crippen LogP contribution in [0.3, 0.4) is 0 Å². The topological polar surface area (TPSA) is 29.5 Å². The molecule has 1 aliphatic carbocycles. The van der Waals surface area contributed by atoms with Crippen LogP contribution in [0.15, 0.2) is 12.1 Å². The molecule has 3 heteroatoms. The predicted molar refractivity (Wildman–Crippen MR) is 60.6 cm³/mol. The molecule has 2 nitrogen and oxygen atoms in total. The normalized spacial score (nSPS) is 22.6. The molecule has 0 bridgehead atoms. The summed E-state index contributed by atoms with van der Waals surface area (Å²) in [6.45, 7) is 4.20. The molecular formula is C12H15ClO2. The number of hydrogen-bond donors (Lipinski definition) is 1. The third-order valence-corrected chi connectivity index (χ3v) is 3.37. The summed E-state index contributed by atoms with van der Waals surface area (Å²) in [4.78, 5) is 0. The zero-order valence-electron chi connectivity index (χ0n) is 9.17. The first-order chi connectivity index (χ1) is 6.95. The summed E-state index contributed by atoms with van der Waals surface area (Å²) < 4.78 is 5.14. The number of fused-ring (bicyclic) bond motifs is 1.